The Labute approximate surface area is 132 Å². The molecule has 0 bridgehead atoms. The molecule has 6 heteroatoms. The Morgan fingerprint density at radius 3 is 2.76 bits per heavy atom. The van der Waals surface area contributed by atoms with Crippen molar-refractivity contribution in [2.24, 2.45) is 0 Å². The van der Waals surface area contributed by atoms with E-state index in [1.165, 1.54) is 0 Å². The van der Waals surface area contributed by atoms with Crippen molar-refractivity contribution < 1.29 is 14.7 Å². The molecule has 1 aromatic rings. The fraction of sp³-hybridized carbons (Fsp3) is 0.467. The average Bonchev–Trinajstić information content (AvgIpc) is 3.23. The summed E-state index contributed by atoms with van der Waals surface area (Å²) in [6, 6.07) is 7.65. The van der Waals surface area contributed by atoms with Gasteiger partial charge in [0, 0.05) is 17.1 Å². The third-order valence-corrected chi connectivity index (χ3v) is 4.00. The van der Waals surface area contributed by atoms with Gasteiger partial charge >= 0.3 is 12.0 Å². The maximum Gasteiger partial charge on any atom is 0.318 e. The summed E-state index contributed by atoms with van der Waals surface area (Å²) in [6.07, 6.45) is 1.89. The minimum atomic E-state index is -0.881. The van der Waals surface area contributed by atoms with Crippen LogP contribution in [0.1, 0.15) is 37.8 Å². The highest BCUT2D eigenvalue weighted by atomic mass is 79.9. The SMILES string of the molecule is CC(NC(=O)N(CCC(=O)O)C1CC1)c1cccc(Br)c1. The van der Waals surface area contributed by atoms with Gasteiger partial charge in [0.15, 0.2) is 0 Å². The molecule has 2 amide bonds. The van der Waals surface area contributed by atoms with Gasteiger partial charge in [0.05, 0.1) is 12.5 Å². The number of hydrogen-bond acceptors (Lipinski definition) is 2. The van der Waals surface area contributed by atoms with Crippen LogP contribution < -0.4 is 5.32 Å². The second-order valence-electron chi connectivity index (χ2n) is 5.29. The number of carboxylic acid groups (broad SMARTS) is 1. The Hall–Kier alpha value is -1.56. The molecule has 21 heavy (non-hydrogen) atoms. The standard InChI is InChI=1S/C15H19BrN2O3/c1-10(11-3-2-4-12(16)9-11)17-15(21)18(13-5-6-13)8-7-14(19)20/h2-4,9-10,13H,5-8H2,1H3,(H,17,21)(H,19,20). The molecule has 0 aromatic heterocycles. The summed E-state index contributed by atoms with van der Waals surface area (Å²) in [7, 11) is 0. The van der Waals surface area contributed by atoms with Crippen LogP contribution in [0, 0.1) is 0 Å². The van der Waals surface area contributed by atoms with Crippen molar-refractivity contribution in [1.82, 2.24) is 10.2 Å². The van der Waals surface area contributed by atoms with Crippen LogP contribution in [0.4, 0.5) is 4.79 Å². The number of benzene rings is 1. The van der Waals surface area contributed by atoms with Crippen LogP contribution in [-0.2, 0) is 4.79 Å². The third kappa shape index (κ3) is 4.74. The minimum absolute atomic E-state index is 0.0187. The number of halogens is 1. The van der Waals surface area contributed by atoms with E-state index in [4.69, 9.17) is 5.11 Å². The number of amides is 2. The van der Waals surface area contributed by atoms with Crippen LogP contribution in [0.2, 0.25) is 0 Å². The van der Waals surface area contributed by atoms with E-state index in [1.54, 1.807) is 4.90 Å². The third-order valence-electron chi connectivity index (χ3n) is 3.50. The minimum Gasteiger partial charge on any atom is -0.481 e. The number of rotatable bonds is 6. The molecule has 2 rings (SSSR count). The second kappa shape index (κ2) is 6.93. The van der Waals surface area contributed by atoms with Crippen molar-refractivity contribution in [2.45, 2.75) is 38.3 Å². The summed E-state index contributed by atoms with van der Waals surface area (Å²) in [5.41, 5.74) is 1.01. The lowest BCUT2D eigenvalue weighted by Gasteiger charge is -2.25. The maximum atomic E-state index is 12.3. The van der Waals surface area contributed by atoms with E-state index in [9.17, 15) is 9.59 Å². The Kier molecular flexibility index (Phi) is 5.22. The van der Waals surface area contributed by atoms with E-state index in [-0.39, 0.29) is 31.1 Å². The van der Waals surface area contributed by atoms with Crippen molar-refractivity contribution in [2.75, 3.05) is 6.54 Å². The summed E-state index contributed by atoms with van der Waals surface area (Å²) in [5.74, 6) is -0.881. The van der Waals surface area contributed by atoms with Crippen LogP contribution in [0.5, 0.6) is 0 Å². The van der Waals surface area contributed by atoms with Gasteiger partial charge < -0.3 is 15.3 Å². The molecule has 1 atom stereocenters. The van der Waals surface area contributed by atoms with Gasteiger partial charge in [0.2, 0.25) is 0 Å². The van der Waals surface area contributed by atoms with Gasteiger partial charge in [-0.3, -0.25) is 4.79 Å². The largest absolute Gasteiger partial charge is 0.481 e. The zero-order chi connectivity index (χ0) is 15.4. The van der Waals surface area contributed by atoms with Gasteiger partial charge in [-0.05, 0) is 37.5 Å². The van der Waals surface area contributed by atoms with Crippen LogP contribution in [0.25, 0.3) is 0 Å². The maximum absolute atomic E-state index is 12.3. The molecule has 2 N–H and O–H groups in total. The highest BCUT2D eigenvalue weighted by Crippen LogP contribution is 2.27. The molecule has 1 saturated carbocycles. The Bertz CT molecular complexity index is 531. The van der Waals surface area contributed by atoms with Crippen LogP contribution in [-0.4, -0.2) is 34.6 Å². The molecular weight excluding hydrogens is 336 g/mol. The van der Waals surface area contributed by atoms with Gasteiger partial charge in [-0.2, -0.15) is 0 Å². The number of carboxylic acids is 1. The fourth-order valence-corrected chi connectivity index (χ4v) is 2.60. The molecule has 114 valence electrons. The summed E-state index contributed by atoms with van der Waals surface area (Å²) >= 11 is 3.41. The van der Waals surface area contributed by atoms with Crippen molar-refractivity contribution in [3.63, 3.8) is 0 Å². The number of carbonyl (C=O) groups is 2. The van der Waals surface area contributed by atoms with E-state index >= 15 is 0 Å². The summed E-state index contributed by atoms with van der Waals surface area (Å²) in [6.45, 7) is 2.18. The molecule has 5 nitrogen and oxygen atoms in total. The number of nitrogens with zero attached hydrogens (tertiary/aromatic N) is 1. The molecule has 0 aliphatic heterocycles. The lowest BCUT2D eigenvalue weighted by atomic mass is 10.1. The van der Waals surface area contributed by atoms with Crippen LogP contribution in [0.3, 0.4) is 0 Å². The monoisotopic (exact) mass is 354 g/mol. The predicted molar refractivity (Wildman–Crippen MR) is 83.1 cm³/mol. The molecule has 0 spiro atoms. The molecule has 1 aliphatic rings. The van der Waals surface area contributed by atoms with Gasteiger partial charge in [-0.25, -0.2) is 4.79 Å². The van der Waals surface area contributed by atoms with Gasteiger partial charge in [-0.15, -0.1) is 0 Å². The van der Waals surface area contributed by atoms with E-state index in [0.717, 1.165) is 22.9 Å². The van der Waals surface area contributed by atoms with Gasteiger partial charge in [0.25, 0.3) is 0 Å². The lowest BCUT2D eigenvalue weighted by Crippen LogP contribution is -2.43. The first-order valence-electron chi connectivity index (χ1n) is 7.01. The first kappa shape index (κ1) is 15.8. The van der Waals surface area contributed by atoms with Crippen LogP contribution >= 0.6 is 15.9 Å². The van der Waals surface area contributed by atoms with Crippen molar-refractivity contribution >= 4 is 27.9 Å². The molecule has 1 aliphatic carbocycles. The molecule has 1 fully saturated rings. The summed E-state index contributed by atoms with van der Waals surface area (Å²) < 4.78 is 0.964. The number of carbonyl (C=O) groups excluding carboxylic acids is 1. The Balaban J connectivity index is 1.96. The van der Waals surface area contributed by atoms with E-state index in [0.29, 0.717) is 0 Å². The van der Waals surface area contributed by atoms with E-state index in [2.05, 4.69) is 21.2 Å². The van der Waals surface area contributed by atoms with Crippen molar-refractivity contribution in [1.29, 1.82) is 0 Å². The first-order valence-corrected chi connectivity index (χ1v) is 7.81. The Morgan fingerprint density at radius 2 is 2.19 bits per heavy atom. The zero-order valence-corrected chi connectivity index (χ0v) is 13.5. The summed E-state index contributed by atoms with van der Waals surface area (Å²) in [4.78, 5) is 24.6. The summed E-state index contributed by atoms with van der Waals surface area (Å²) in [5, 5.41) is 11.7. The topological polar surface area (TPSA) is 69.6 Å². The molecule has 0 heterocycles. The zero-order valence-electron chi connectivity index (χ0n) is 11.9. The highest BCUT2D eigenvalue weighted by Gasteiger charge is 2.33. The van der Waals surface area contributed by atoms with Gasteiger partial charge in [-0.1, -0.05) is 28.1 Å². The second-order valence-corrected chi connectivity index (χ2v) is 6.21. The molecule has 0 radical (unpaired) electrons. The quantitative estimate of drug-likeness (QED) is 0.824. The molecule has 1 aromatic carbocycles. The fourth-order valence-electron chi connectivity index (χ4n) is 2.18. The number of aliphatic carboxylic acids is 1. The van der Waals surface area contributed by atoms with Crippen molar-refractivity contribution in [3.8, 4) is 0 Å². The molecule has 1 unspecified atom stereocenters. The van der Waals surface area contributed by atoms with E-state index < -0.39 is 5.97 Å². The average molecular weight is 355 g/mol. The number of nitrogens with one attached hydrogen (secondary N) is 1. The Morgan fingerprint density at radius 1 is 1.48 bits per heavy atom. The van der Waals surface area contributed by atoms with Gasteiger partial charge in [0.1, 0.15) is 0 Å². The first-order chi connectivity index (χ1) is 9.97. The lowest BCUT2D eigenvalue weighted by molar-refractivity contribution is -0.137. The van der Waals surface area contributed by atoms with E-state index in [1.807, 2.05) is 31.2 Å². The normalized spacial score (nSPS) is 15.3. The number of urea groups is 1. The smallest absolute Gasteiger partial charge is 0.318 e. The highest BCUT2D eigenvalue weighted by molar-refractivity contribution is 9.10. The van der Waals surface area contributed by atoms with Crippen molar-refractivity contribution in [3.05, 3.63) is 34.3 Å². The van der Waals surface area contributed by atoms with Crippen LogP contribution in [0.15, 0.2) is 28.7 Å². The molecule has 0 saturated heterocycles. The molecular formula is C15H19BrN2O3. The predicted octanol–water partition coefficient (Wildman–Crippen LogP) is 3.16. The number of hydrogen-bond donors (Lipinski definition) is 2.